The molecule has 0 amide bonds. The minimum absolute atomic E-state index is 0.0281. The first kappa shape index (κ1) is 17.9. The minimum Gasteiger partial charge on any atom is -0.295 e. The van der Waals surface area contributed by atoms with Gasteiger partial charge in [0.1, 0.15) is 5.82 Å². The zero-order chi connectivity index (χ0) is 17.6. The molecule has 0 atom stereocenters. The van der Waals surface area contributed by atoms with Gasteiger partial charge in [0.25, 0.3) is 0 Å². The van der Waals surface area contributed by atoms with Crippen LogP contribution >= 0.6 is 0 Å². The predicted molar refractivity (Wildman–Crippen MR) is 90.4 cm³/mol. The summed E-state index contributed by atoms with van der Waals surface area (Å²) in [5.74, 6) is 4.70. The molecule has 4 nitrogen and oxygen atoms in total. The van der Waals surface area contributed by atoms with Crippen LogP contribution in [0.25, 0.3) is 0 Å². The average molecular weight is 345 g/mol. The molecule has 0 aliphatic carbocycles. The third kappa shape index (κ3) is 5.61. The Morgan fingerprint density at radius 2 is 1.88 bits per heavy atom. The van der Waals surface area contributed by atoms with Crippen molar-refractivity contribution in [2.45, 2.75) is 12.7 Å². The fraction of sp³-hybridized carbons (Fsp3) is 0.167. The Morgan fingerprint density at radius 1 is 1.17 bits per heavy atom. The van der Waals surface area contributed by atoms with Crippen LogP contribution in [0.2, 0.25) is 0 Å². The van der Waals surface area contributed by atoms with Crippen molar-refractivity contribution in [1.29, 1.82) is 0 Å². The van der Waals surface area contributed by atoms with E-state index in [-0.39, 0.29) is 18.1 Å². The Labute approximate surface area is 140 Å². The van der Waals surface area contributed by atoms with Crippen molar-refractivity contribution in [2.75, 3.05) is 6.54 Å². The summed E-state index contributed by atoms with van der Waals surface area (Å²) < 4.78 is 39.2. The molecule has 0 aliphatic heterocycles. The molecule has 24 heavy (non-hydrogen) atoms. The molecule has 2 aromatic carbocycles. The fourth-order valence-electron chi connectivity index (χ4n) is 1.98. The van der Waals surface area contributed by atoms with Gasteiger partial charge >= 0.3 is 0 Å². The van der Waals surface area contributed by atoms with Crippen LogP contribution in [0, 0.1) is 17.7 Å². The van der Waals surface area contributed by atoms with Crippen LogP contribution in [0.4, 0.5) is 4.39 Å². The van der Waals surface area contributed by atoms with E-state index in [1.54, 1.807) is 30.3 Å². The molecule has 2 rings (SSSR count). The third-order valence-corrected chi connectivity index (χ3v) is 4.45. The number of benzene rings is 2. The van der Waals surface area contributed by atoms with Crippen LogP contribution in [-0.2, 0) is 15.8 Å². The van der Waals surface area contributed by atoms with Gasteiger partial charge in [0.05, 0.1) is 12.3 Å². The highest BCUT2D eigenvalue weighted by atomic mass is 32.2. The van der Waals surface area contributed by atoms with Crippen molar-refractivity contribution in [3.05, 3.63) is 71.0 Å². The molecule has 0 unspecified atom stereocenters. The molecule has 124 valence electrons. The Kier molecular flexibility index (Phi) is 5.85. The number of sulfonamides is 1. The quantitative estimate of drug-likeness (QED) is 0.669. The number of Topliss-reactive ketones (excluding diaryl/α,β-unsaturated/α-hetero) is 1. The number of halogens is 1. The number of nitrogens with one attached hydrogen (secondary N) is 1. The Balaban J connectivity index is 1.92. The van der Waals surface area contributed by atoms with Crippen LogP contribution in [-0.4, -0.2) is 20.7 Å². The van der Waals surface area contributed by atoms with Crippen molar-refractivity contribution in [1.82, 2.24) is 4.72 Å². The monoisotopic (exact) mass is 345 g/mol. The van der Waals surface area contributed by atoms with Crippen LogP contribution in [0.3, 0.4) is 0 Å². The van der Waals surface area contributed by atoms with Crippen LogP contribution in [0.1, 0.15) is 28.4 Å². The molecular weight excluding hydrogens is 329 g/mol. The standard InChI is InChI=1S/C18H16FNO3S/c1-14(21)17-9-7-15(8-10-17)5-3-11-20-24(22,23)13-16-4-2-6-18(19)12-16/h2,4,6-10,12,20H,11,13H2,1H3. The summed E-state index contributed by atoms with van der Waals surface area (Å²) in [7, 11) is -3.59. The van der Waals surface area contributed by atoms with Gasteiger partial charge in [0.2, 0.25) is 10.0 Å². The van der Waals surface area contributed by atoms with Gasteiger partial charge in [-0.1, -0.05) is 36.1 Å². The second kappa shape index (κ2) is 7.86. The number of rotatable bonds is 5. The molecule has 0 fully saturated rings. The van der Waals surface area contributed by atoms with Crippen molar-refractivity contribution in [2.24, 2.45) is 0 Å². The second-order valence-corrected chi connectivity index (χ2v) is 6.95. The predicted octanol–water partition coefficient (Wildman–Crippen LogP) is 2.50. The molecule has 0 saturated heterocycles. The van der Waals surface area contributed by atoms with E-state index in [1.807, 2.05) is 0 Å². The minimum atomic E-state index is -3.59. The molecule has 0 saturated carbocycles. The van der Waals surface area contributed by atoms with Crippen LogP contribution in [0.15, 0.2) is 48.5 Å². The van der Waals surface area contributed by atoms with E-state index in [9.17, 15) is 17.6 Å². The lowest BCUT2D eigenvalue weighted by Gasteiger charge is -2.04. The fourth-order valence-corrected chi connectivity index (χ4v) is 2.99. The summed E-state index contributed by atoms with van der Waals surface area (Å²) in [6, 6.07) is 12.2. The molecule has 6 heteroatoms. The van der Waals surface area contributed by atoms with E-state index in [4.69, 9.17) is 0 Å². The Hall–Kier alpha value is -2.49. The van der Waals surface area contributed by atoms with Crippen LogP contribution < -0.4 is 4.72 Å². The van der Waals surface area contributed by atoms with Crippen molar-refractivity contribution in [3.63, 3.8) is 0 Å². The number of ketones is 1. The highest BCUT2D eigenvalue weighted by molar-refractivity contribution is 7.88. The maximum atomic E-state index is 13.1. The molecule has 0 aliphatic rings. The molecule has 0 bridgehead atoms. The van der Waals surface area contributed by atoms with E-state index < -0.39 is 15.8 Å². The molecule has 1 N–H and O–H groups in total. The van der Waals surface area contributed by atoms with E-state index >= 15 is 0 Å². The first-order chi connectivity index (χ1) is 11.4. The van der Waals surface area contributed by atoms with Gasteiger partial charge in [-0.25, -0.2) is 17.5 Å². The summed E-state index contributed by atoms with van der Waals surface area (Å²) >= 11 is 0. The van der Waals surface area contributed by atoms with E-state index in [0.29, 0.717) is 16.7 Å². The van der Waals surface area contributed by atoms with Gasteiger partial charge < -0.3 is 0 Å². The van der Waals surface area contributed by atoms with Gasteiger partial charge in [-0.3, -0.25) is 4.79 Å². The zero-order valence-electron chi connectivity index (χ0n) is 13.0. The normalized spacial score (nSPS) is 10.8. The highest BCUT2D eigenvalue weighted by Crippen LogP contribution is 2.07. The Morgan fingerprint density at radius 3 is 2.50 bits per heavy atom. The summed E-state index contributed by atoms with van der Waals surface area (Å²) in [4.78, 5) is 11.2. The SMILES string of the molecule is CC(=O)c1ccc(C#CCNS(=O)(=O)Cc2cccc(F)c2)cc1. The van der Waals surface area contributed by atoms with Crippen molar-refractivity contribution in [3.8, 4) is 11.8 Å². The van der Waals surface area contributed by atoms with Crippen molar-refractivity contribution >= 4 is 15.8 Å². The summed E-state index contributed by atoms with van der Waals surface area (Å²) in [5.41, 5.74) is 1.65. The molecule has 2 aromatic rings. The molecule has 0 spiro atoms. The van der Waals surface area contributed by atoms with Crippen molar-refractivity contribution < 1.29 is 17.6 Å². The van der Waals surface area contributed by atoms with E-state index in [0.717, 1.165) is 0 Å². The topological polar surface area (TPSA) is 63.2 Å². The lowest BCUT2D eigenvalue weighted by atomic mass is 10.1. The van der Waals surface area contributed by atoms with E-state index in [2.05, 4.69) is 16.6 Å². The smallest absolute Gasteiger partial charge is 0.216 e. The number of hydrogen-bond donors (Lipinski definition) is 1. The second-order valence-electron chi connectivity index (χ2n) is 5.15. The maximum Gasteiger partial charge on any atom is 0.216 e. The first-order valence-electron chi connectivity index (χ1n) is 7.17. The van der Waals surface area contributed by atoms with Gasteiger partial charge in [-0.2, -0.15) is 0 Å². The number of carbonyl (C=O) groups is 1. The third-order valence-electron chi connectivity index (χ3n) is 3.15. The lowest BCUT2D eigenvalue weighted by molar-refractivity contribution is 0.101. The molecule has 0 radical (unpaired) electrons. The summed E-state index contributed by atoms with van der Waals surface area (Å²) in [6.07, 6.45) is 0. The first-order valence-corrected chi connectivity index (χ1v) is 8.82. The highest BCUT2D eigenvalue weighted by Gasteiger charge is 2.10. The molecule has 0 aromatic heterocycles. The zero-order valence-corrected chi connectivity index (χ0v) is 13.9. The van der Waals surface area contributed by atoms with Gasteiger partial charge in [0, 0.05) is 11.1 Å². The molecular formula is C18H16FNO3S. The van der Waals surface area contributed by atoms with Gasteiger partial charge in [-0.05, 0) is 36.8 Å². The largest absolute Gasteiger partial charge is 0.295 e. The Bertz CT molecular complexity index is 894. The summed E-state index contributed by atoms with van der Waals surface area (Å²) in [6.45, 7) is 1.43. The average Bonchev–Trinajstić information content (AvgIpc) is 2.51. The number of carbonyl (C=O) groups excluding carboxylic acids is 1. The molecule has 0 heterocycles. The lowest BCUT2D eigenvalue weighted by Crippen LogP contribution is -2.25. The van der Waals surface area contributed by atoms with Crippen LogP contribution in [0.5, 0.6) is 0 Å². The van der Waals surface area contributed by atoms with Gasteiger partial charge in [-0.15, -0.1) is 0 Å². The maximum absolute atomic E-state index is 13.1. The summed E-state index contributed by atoms with van der Waals surface area (Å²) in [5, 5.41) is 0. The number of hydrogen-bond acceptors (Lipinski definition) is 3. The van der Waals surface area contributed by atoms with Gasteiger partial charge in [0.15, 0.2) is 5.78 Å². The van der Waals surface area contributed by atoms with E-state index in [1.165, 1.54) is 25.1 Å².